The number of hydrogen-bond donors (Lipinski definition) is 4. The van der Waals surface area contributed by atoms with E-state index >= 15 is 0 Å². The lowest BCUT2D eigenvalue weighted by molar-refractivity contribution is -0.133. The van der Waals surface area contributed by atoms with E-state index in [0.717, 1.165) is 27.3 Å². The largest absolute Gasteiger partial charge is 0.465 e. The number of hydroxylamine groups is 1. The zero-order valence-electron chi connectivity index (χ0n) is 17.7. The highest BCUT2D eigenvalue weighted by atomic mass is 35.5. The summed E-state index contributed by atoms with van der Waals surface area (Å²) in [6, 6.07) is 11.7. The molecule has 172 valence electrons. The minimum atomic E-state index is -1.20. The van der Waals surface area contributed by atoms with Gasteiger partial charge in [-0.2, -0.15) is 0 Å². The van der Waals surface area contributed by atoms with Crippen LogP contribution >= 0.6 is 11.6 Å². The Balaban J connectivity index is 1.48. The molecule has 2 aromatic carbocycles. The van der Waals surface area contributed by atoms with Gasteiger partial charge in [-0.3, -0.25) is 14.8 Å². The van der Waals surface area contributed by atoms with Gasteiger partial charge in [-0.15, -0.1) is 0 Å². The lowest BCUT2D eigenvalue weighted by Crippen LogP contribution is -2.45. The number of fused-ring (bicyclic) bond motifs is 1. The number of hydrogen-bond acceptors (Lipinski definition) is 5. The summed E-state index contributed by atoms with van der Waals surface area (Å²) in [4.78, 5) is 41.5. The Labute approximate surface area is 193 Å². The van der Waals surface area contributed by atoms with E-state index < -0.39 is 29.9 Å². The summed E-state index contributed by atoms with van der Waals surface area (Å²) in [7, 11) is 0. The number of amides is 3. The lowest BCUT2D eigenvalue weighted by atomic mass is 10.0. The normalized spacial score (nSPS) is 17.8. The van der Waals surface area contributed by atoms with Gasteiger partial charge in [-0.25, -0.2) is 15.3 Å². The molecule has 0 aliphatic carbocycles. The molecular weight excluding hydrogens is 450 g/mol. The molecule has 4 rings (SSSR count). The van der Waals surface area contributed by atoms with Gasteiger partial charge in [-0.1, -0.05) is 23.7 Å². The van der Waals surface area contributed by atoms with Crippen LogP contribution in [0.2, 0.25) is 5.02 Å². The van der Waals surface area contributed by atoms with Crippen molar-refractivity contribution in [1.82, 2.24) is 25.2 Å². The van der Waals surface area contributed by atoms with Gasteiger partial charge in [0.05, 0.1) is 23.0 Å². The average molecular weight is 472 g/mol. The molecule has 0 bridgehead atoms. The first-order valence-corrected chi connectivity index (χ1v) is 10.6. The second kappa shape index (κ2) is 9.08. The maximum atomic E-state index is 12.7. The van der Waals surface area contributed by atoms with Gasteiger partial charge >= 0.3 is 6.09 Å². The lowest BCUT2D eigenvalue weighted by Gasteiger charge is -2.18. The van der Waals surface area contributed by atoms with Crippen molar-refractivity contribution in [2.24, 2.45) is 5.92 Å². The summed E-state index contributed by atoms with van der Waals surface area (Å²) < 4.78 is 2.04. The Hall–Kier alpha value is -3.63. The van der Waals surface area contributed by atoms with Crippen LogP contribution in [0.1, 0.15) is 21.7 Å². The molecule has 0 saturated carbocycles. The third kappa shape index (κ3) is 4.62. The van der Waals surface area contributed by atoms with Crippen LogP contribution in [0, 0.1) is 12.8 Å². The van der Waals surface area contributed by atoms with E-state index in [-0.39, 0.29) is 13.1 Å². The molecular formula is C22H22ClN5O5. The van der Waals surface area contributed by atoms with Crippen LogP contribution in [0.25, 0.3) is 11.0 Å². The molecule has 2 heterocycles. The van der Waals surface area contributed by atoms with Gasteiger partial charge < -0.3 is 19.9 Å². The molecule has 1 aliphatic rings. The van der Waals surface area contributed by atoms with Crippen molar-refractivity contribution in [1.29, 1.82) is 0 Å². The van der Waals surface area contributed by atoms with Gasteiger partial charge in [-0.05, 0) is 42.8 Å². The highest BCUT2D eigenvalue weighted by molar-refractivity contribution is 6.31. The Kier molecular flexibility index (Phi) is 6.21. The van der Waals surface area contributed by atoms with Gasteiger partial charge in [0, 0.05) is 30.2 Å². The SMILES string of the molecule is Cc1nc2ccc(Cl)cc2n1Cc1ccc(C(=O)N[C@@H]2CN(C(=O)O)C[C@@H]2C(=O)NO)cc1. The standard InChI is InChI=1S/C22H22ClN5O5/c1-12-24-17-7-6-15(23)8-19(17)28(12)9-13-2-4-14(5-3-13)20(29)25-18-11-27(22(31)32)10-16(18)21(30)26-33/h2-8,16,18,33H,9-11H2,1H3,(H,25,29)(H,26,30)(H,31,32)/t16-,18+/m0/s1. The third-order valence-electron chi connectivity index (χ3n) is 5.81. The molecule has 1 fully saturated rings. The summed E-state index contributed by atoms with van der Waals surface area (Å²) in [5, 5.41) is 21.5. The molecule has 3 aromatic rings. The zero-order chi connectivity index (χ0) is 23.7. The van der Waals surface area contributed by atoms with Crippen molar-refractivity contribution in [2.45, 2.75) is 19.5 Å². The monoisotopic (exact) mass is 471 g/mol. The number of nitrogens with zero attached hydrogens (tertiary/aromatic N) is 3. The summed E-state index contributed by atoms with van der Waals surface area (Å²) >= 11 is 6.13. The van der Waals surface area contributed by atoms with Crippen molar-refractivity contribution in [3.63, 3.8) is 0 Å². The fraction of sp³-hybridized carbons (Fsp3) is 0.273. The minimum Gasteiger partial charge on any atom is -0.465 e. The number of rotatable bonds is 5. The number of aromatic nitrogens is 2. The molecule has 3 amide bonds. The smallest absolute Gasteiger partial charge is 0.407 e. The molecule has 4 N–H and O–H groups in total. The van der Waals surface area contributed by atoms with Crippen LogP contribution in [-0.2, 0) is 11.3 Å². The number of carbonyl (C=O) groups is 3. The van der Waals surface area contributed by atoms with Crippen LogP contribution in [0.3, 0.4) is 0 Å². The van der Waals surface area contributed by atoms with E-state index in [9.17, 15) is 19.5 Å². The van der Waals surface area contributed by atoms with Crippen LogP contribution < -0.4 is 10.8 Å². The minimum absolute atomic E-state index is 0.0488. The van der Waals surface area contributed by atoms with Crippen molar-refractivity contribution in [2.75, 3.05) is 13.1 Å². The van der Waals surface area contributed by atoms with Crippen LogP contribution in [0.15, 0.2) is 42.5 Å². The summed E-state index contributed by atoms with van der Waals surface area (Å²) in [6.07, 6.45) is -1.20. The van der Waals surface area contributed by atoms with E-state index in [1.54, 1.807) is 18.2 Å². The molecule has 1 aliphatic heterocycles. The molecule has 1 aromatic heterocycles. The van der Waals surface area contributed by atoms with Crippen molar-refractivity contribution in [3.05, 3.63) is 64.4 Å². The number of nitrogens with one attached hydrogen (secondary N) is 2. The van der Waals surface area contributed by atoms with E-state index in [2.05, 4.69) is 10.3 Å². The van der Waals surface area contributed by atoms with Crippen LogP contribution in [0.5, 0.6) is 0 Å². The van der Waals surface area contributed by atoms with E-state index in [1.807, 2.05) is 35.8 Å². The van der Waals surface area contributed by atoms with Gasteiger partial charge in [0.25, 0.3) is 5.91 Å². The van der Waals surface area contributed by atoms with Gasteiger partial charge in [0.15, 0.2) is 0 Å². The predicted molar refractivity (Wildman–Crippen MR) is 119 cm³/mol. The topological polar surface area (TPSA) is 137 Å². The van der Waals surface area contributed by atoms with Crippen molar-refractivity contribution in [3.8, 4) is 0 Å². The average Bonchev–Trinajstić information content (AvgIpc) is 3.35. The fourth-order valence-corrected chi connectivity index (χ4v) is 4.23. The molecule has 1 saturated heterocycles. The summed E-state index contributed by atoms with van der Waals surface area (Å²) in [6.45, 7) is 2.29. The molecule has 11 heteroatoms. The van der Waals surface area contributed by atoms with Gasteiger partial charge in [0.2, 0.25) is 5.91 Å². The Morgan fingerprint density at radius 2 is 1.88 bits per heavy atom. The Morgan fingerprint density at radius 1 is 1.15 bits per heavy atom. The first kappa shape index (κ1) is 22.6. The van der Waals surface area contributed by atoms with E-state index in [0.29, 0.717) is 17.1 Å². The zero-order valence-corrected chi connectivity index (χ0v) is 18.4. The first-order valence-electron chi connectivity index (χ1n) is 10.2. The molecule has 0 spiro atoms. The highest BCUT2D eigenvalue weighted by Gasteiger charge is 2.40. The number of likely N-dealkylation sites (tertiary alicyclic amines) is 1. The molecule has 2 atom stereocenters. The molecule has 10 nitrogen and oxygen atoms in total. The third-order valence-corrected chi connectivity index (χ3v) is 6.05. The molecule has 33 heavy (non-hydrogen) atoms. The molecule has 0 radical (unpaired) electrons. The Morgan fingerprint density at radius 3 is 2.55 bits per heavy atom. The fourth-order valence-electron chi connectivity index (χ4n) is 4.07. The number of imidazole rings is 1. The number of carbonyl (C=O) groups excluding carboxylic acids is 2. The Bertz CT molecular complexity index is 1230. The number of benzene rings is 2. The second-order valence-electron chi connectivity index (χ2n) is 7.93. The number of halogens is 1. The number of carboxylic acid groups (broad SMARTS) is 1. The second-order valence-corrected chi connectivity index (χ2v) is 8.36. The maximum Gasteiger partial charge on any atom is 0.407 e. The quantitative estimate of drug-likeness (QED) is 0.333. The highest BCUT2D eigenvalue weighted by Crippen LogP contribution is 2.22. The molecule has 0 unspecified atom stereocenters. The summed E-state index contributed by atoms with van der Waals surface area (Å²) in [5.74, 6) is -1.24. The van der Waals surface area contributed by atoms with Gasteiger partial charge in [0.1, 0.15) is 5.82 Å². The summed E-state index contributed by atoms with van der Waals surface area (Å²) in [5.41, 5.74) is 4.61. The van der Waals surface area contributed by atoms with Crippen molar-refractivity contribution >= 4 is 40.5 Å². The van der Waals surface area contributed by atoms with E-state index in [1.165, 1.54) is 5.48 Å². The predicted octanol–water partition coefficient (Wildman–Crippen LogP) is 2.26. The van der Waals surface area contributed by atoms with Crippen LogP contribution in [0.4, 0.5) is 4.79 Å². The maximum absolute atomic E-state index is 12.7. The first-order chi connectivity index (χ1) is 15.8. The van der Waals surface area contributed by atoms with Crippen LogP contribution in [-0.4, -0.2) is 61.8 Å². The number of aryl methyl sites for hydroxylation is 1. The van der Waals surface area contributed by atoms with E-state index in [4.69, 9.17) is 16.8 Å². The van der Waals surface area contributed by atoms with Crippen molar-refractivity contribution < 1.29 is 24.7 Å².